The van der Waals surface area contributed by atoms with Crippen molar-refractivity contribution < 1.29 is 0 Å². The Labute approximate surface area is 86.0 Å². The fourth-order valence-corrected chi connectivity index (χ4v) is 1.94. The Balaban J connectivity index is 2.27. The van der Waals surface area contributed by atoms with E-state index in [4.69, 9.17) is 0 Å². The number of hydrogen-bond donors (Lipinski definition) is 0. The summed E-state index contributed by atoms with van der Waals surface area (Å²) < 4.78 is 0. The van der Waals surface area contributed by atoms with E-state index in [1.54, 1.807) is 0 Å². The van der Waals surface area contributed by atoms with Crippen molar-refractivity contribution in [2.24, 2.45) is 0 Å². The molecule has 0 amide bonds. The van der Waals surface area contributed by atoms with Gasteiger partial charge in [-0.05, 0) is 18.9 Å². The van der Waals surface area contributed by atoms with Crippen molar-refractivity contribution in [3.63, 3.8) is 0 Å². The molecule has 0 heteroatoms. The topological polar surface area (TPSA) is 0 Å². The largest absolute Gasteiger partial charge is 0.0961 e. The van der Waals surface area contributed by atoms with E-state index in [1.807, 2.05) is 0 Å². The molecule has 0 spiro atoms. The van der Waals surface area contributed by atoms with Crippen LogP contribution in [0.1, 0.15) is 25.8 Å². The molecular weight excluding hydrogens is 168 g/mol. The second kappa shape index (κ2) is 3.13. The molecule has 0 aromatic heterocycles. The zero-order chi connectivity index (χ0) is 10.2. The van der Waals surface area contributed by atoms with Crippen LogP contribution in [-0.2, 0) is 5.41 Å². The highest BCUT2D eigenvalue weighted by Crippen LogP contribution is 2.53. The number of hydrogen-bond acceptors (Lipinski definition) is 0. The Kier molecular flexibility index (Phi) is 2.07. The van der Waals surface area contributed by atoms with Gasteiger partial charge in [0.1, 0.15) is 0 Å². The lowest BCUT2D eigenvalue weighted by Gasteiger charge is -2.07. The Morgan fingerprint density at radius 2 is 2.00 bits per heavy atom. The van der Waals surface area contributed by atoms with Gasteiger partial charge in [0.05, 0.1) is 0 Å². The lowest BCUT2D eigenvalue weighted by atomic mass is 9.97. The van der Waals surface area contributed by atoms with Gasteiger partial charge in [-0.25, -0.2) is 0 Å². The van der Waals surface area contributed by atoms with Crippen molar-refractivity contribution in [3.05, 3.63) is 59.7 Å². The van der Waals surface area contributed by atoms with E-state index in [0.717, 1.165) is 5.57 Å². The van der Waals surface area contributed by atoms with Gasteiger partial charge in [-0.2, -0.15) is 0 Å². The molecule has 1 aromatic rings. The molecule has 0 nitrogen and oxygen atoms in total. The molecule has 0 saturated heterocycles. The highest BCUT2D eigenvalue weighted by Gasteiger charge is 2.44. The lowest BCUT2D eigenvalue weighted by molar-refractivity contribution is 0.821. The number of rotatable bonds is 2. The summed E-state index contributed by atoms with van der Waals surface area (Å²) in [5, 5.41) is 0. The van der Waals surface area contributed by atoms with Crippen molar-refractivity contribution in [2.45, 2.75) is 25.7 Å². The molecule has 1 unspecified atom stereocenters. The van der Waals surface area contributed by atoms with E-state index < -0.39 is 0 Å². The summed E-state index contributed by atoms with van der Waals surface area (Å²) in [7, 11) is 0. The Morgan fingerprint density at radius 1 is 1.36 bits per heavy atom. The highest BCUT2D eigenvalue weighted by molar-refractivity contribution is 5.50. The fraction of sp³-hybridized carbons (Fsp3) is 0.286. The molecule has 1 aromatic carbocycles. The van der Waals surface area contributed by atoms with E-state index in [2.05, 4.69) is 56.8 Å². The van der Waals surface area contributed by atoms with Crippen LogP contribution in [0.2, 0.25) is 0 Å². The molecule has 0 N–H and O–H groups in total. The third-order valence-electron chi connectivity index (χ3n) is 2.96. The smallest absolute Gasteiger partial charge is 0.0174 e. The second-order valence-corrected chi connectivity index (χ2v) is 4.39. The number of allylic oxidation sites excluding steroid dienone is 3. The first-order chi connectivity index (χ1) is 6.63. The molecule has 1 aliphatic carbocycles. The van der Waals surface area contributed by atoms with Crippen LogP contribution in [0.15, 0.2) is 54.1 Å². The third kappa shape index (κ3) is 1.52. The second-order valence-electron chi connectivity index (χ2n) is 4.39. The van der Waals surface area contributed by atoms with E-state index >= 15 is 0 Å². The summed E-state index contributed by atoms with van der Waals surface area (Å²) in [6, 6.07) is 10.7. The molecule has 1 atom stereocenters. The summed E-state index contributed by atoms with van der Waals surface area (Å²) >= 11 is 0. The molecule has 1 aliphatic rings. The van der Waals surface area contributed by atoms with E-state index in [1.165, 1.54) is 17.6 Å². The zero-order valence-corrected chi connectivity index (χ0v) is 8.88. The van der Waals surface area contributed by atoms with Gasteiger partial charge in [0.15, 0.2) is 0 Å². The first kappa shape index (κ1) is 9.26. The maximum Gasteiger partial charge on any atom is 0.0174 e. The van der Waals surface area contributed by atoms with E-state index in [9.17, 15) is 0 Å². The molecule has 0 radical (unpaired) electrons. The van der Waals surface area contributed by atoms with Gasteiger partial charge in [0.25, 0.3) is 0 Å². The average Bonchev–Trinajstić information content (AvgIpc) is 2.79. The van der Waals surface area contributed by atoms with Gasteiger partial charge in [0.2, 0.25) is 0 Å². The van der Waals surface area contributed by atoms with Crippen LogP contribution in [0.3, 0.4) is 0 Å². The van der Waals surface area contributed by atoms with Crippen LogP contribution in [0.5, 0.6) is 0 Å². The minimum absolute atomic E-state index is 0.292. The Hall–Kier alpha value is -1.30. The summed E-state index contributed by atoms with van der Waals surface area (Å²) in [5.41, 5.74) is 4.38. The first-order valence-corrected chi connectivity index (χ1v) is 5.05. The molecule has 0 heterocycles. The van der Waals surface area contributed by atoms with Crippen molar-refractivity contribution in [1.82, 2.24) is 0 Å². The molecular formula is C14H16. The van der Waals surface area contributed by atoms with Crippen molar-refractivity contribution in [1.29, 1.82) is 0 Å². The van der Waals surface area contributed by atoms with Gasteiger partial charge in [-0.1, -0.05) is 61.1 Å². The standard InChI is InChI=1S/C14H16/c1-11(2)9-13-10-14(13,3)12-7-5-4-6-8-12/h4-9H,1,10H2,2-3H3. The molecule has 1 fully saturated rings. The predicted molar refractivity (Wildman–Crippen MR) is 61.3 cm³/mol. The maximum atomic E-state index is 3.92. The SMILES string of the molecule is C=C(C)C=C1CC1(C)c1ccccc1. The van der Waals surface area contributed by atoms with Crippen molar-refractivity contribution in [2.75, 3.05) is 0 Å². The minimum Gasteiger partial charge on any atom is -0.0961 e. The van der Waals surface area contributed by atoms with Crippen LogP contribution in [0, 0.1) is 0 Å². The summed E-state index contributed by atoms with van der Waals surface area (Å²) in [4.78, 5) is 0. The van der Waals surface area contributed by atoms with Crippen LogP contribution < -0.4 is 0 Å². The van der Waals surface area contributed by atoms with E-state index in [-0.39, 0.29) is 0 Å². The van der Waals surface area contributed by atoms with Gasteiger partial charge in [0, 0.05) is 5.41 Å². The molecule has 1 saturated carbocycles. The van der Waals surface area contributed by atoms with Gasteiger partial charge < -0.3 is 0 Å². The van der Waals surface area contributed by atoms with Crippen molar-refractivity contribution >= 4 is 0 Å². The van der Waals surface area contributed by atoms with Crippen LogP contribution >= 0.6 is 0 Å². The summed E-state index contributed by atoms with van der Waals surface area (Å²) in [5.74, 6) is 0. The quantitative estimate of drug-likeness (QED) is 0.655. The monoisotopic (exact) mass is 184 g/mol. The third-order valence-corrected chi connectivity index (χ3v) is 2.96. The normalized spacial score (nSPS) is 27.7. The first-order valence-electron chi connectivity index (χ1n) is 5.05. The Bertz CT molecular complexity index is 384. The van der Waals surface area contributed by atoms with Crippen molar-refractivity contribution in [3.8, 4) is 0 Å². The van der Waals surface area contributed by atoms with Crippen LogP contribution in [-0.4, -0.2) is 0 Å². The highest BCUT2D eigenvalue weighted by atomic mass is 14.5. The Morgan fingerprint density at radius 3 is 2.57 bits per heavy atom. The molecule has 14 heavy (non-hydrogen) atoms. The summed E-state index contributed by atoms with van der Waals surface area (Å²) in [6.07, 6.45) is 3.40. The maximum absolute atomic E-state index is 3.92. The van der Waals surface area contributed by atoms with Crippen LogP contribution in [0.25, 0.3) is 0 Å². The van der Waals surface area contributed by atoms with Gasteiger partial charge in [-0.3, -0.25) is 0 Å². The molecule has 0 aliphatic heterocycles. The number of benzene rings is 1. The molecule has 0 bridgehead atoms. The fourth-order valence-electron chi connectivity index (χ4n) is 1.94. The van der Waals surface area contributed by atoms with E-state index in [0.29, 0.717) is 5.41 Å². The zero-order valence-electron chi connectivity index (χ0n) is 8.88. The summed E-state index contributed by atoms with van der Waals surface area (Å²) in [6.45, 7) is 8.27. The predicted octanol–water partition coefficient (Wildman–Crippen LogP) is 3.85. The molecule has 72 valence electrons. The lowest BCUT2D eigenvalue weighted by Crippen LogP contribution is -1.99. The average molecular weight is 184 g/mol. The minimum atomic E-state index is 0.292. The molecule has 2 rings (SSSR count). The van der Waals surface area contributed by atoms with Crippen LogP contribution in [0.4, 0.5) is 0 Å². The van der Waals surface area contributed by atoms with Gasteiger partial charge >= 0.3 is 0 Å². The van der Waals surface area contributed by atoms with Gasteiger partial charge in [-0.15, -0.1) is 0 Å².